The van der Waals surface area contributed by atoms with Crippen molar-refractivity contribution in [3.05, 3.63) is 0 Å². The lowest BCUT2D eigenvalue weighted by Gasteiger charge is -2.42. The maximum atomic E-state index is 12.8. The predicted molar refractivity (Wildman–Crippen MR) is 77.2 cm³/mol. The van der Waals surface area contributed by atoms with Crippen molar-refractivity contribution < 1.29 is 13.2 Å². The van der Waals surface area contributed by atoms with Crippen LogP contribution in [0.1, 0.15) is 57.8 Å². The van der Waals surface area contributed by atoms with Crippen LogP contribution in [0.25, 0.3) is 0 Å². The van der Waals surface area contributed by atoms with Gasteiger partial charge >= 0.3 is 6.18 Å². The summed E-state index contributed by atoms with van der Waals surface area (Å²) in [5, 5.41) is 3.59. The smallest absolute Gasteiger partial charge is 0.313 e. The van der Waals surface area contributed by atoms with Gasteiger partial charge in [0.25, 0.3) is 0 Å². The van der Waals surface area contributed by atoms with E-state index >= 15 is 0 Å². The highest BCUT2D eigenvalue weighted by atomic mass is 19.4. The van der Waals surface area contributed by atoms with E-state index in [1.807, 2.05) is 0 Å². The van der Waals surface area contributed by atoms with Gasteiger partial charge in [-0.2, -0.15) is 13.2 Å². The quantitative estimate of drug-likeness (QED) is 0.771. The first kappa shape index (κ1) is 15.6. The zero-order chi connectivity index (χ0) is 14.9. The molecule has 0 heterocycles. The predicted octanol–water partition coefficient (Wildman–Crippen LogP) is 3.72. The lowest BCUT2D eigenvalue weighted by molar-refractivity contribution is -0.151. The van der Waals surface area contributed by atoms with E-state index in [2.05, 4.69) is 5.32 Å². The SMILES string of the molecule is FC(F)(F)CN(CC1(CNC2CC2)CCCCC1)C1CC1. The largest absolute Gasteiger partial charge is 0.401 e. The highest BCUT2D eigenvalue weighted by molar-refractivity contribution is 4.95. The Morgan fingerprint density at radius 3 is 2.19 bits per heavy atom. The first-order valence-electron chi connectivity index (χ1n) is 8.50. The van der Waals surface area contributed by atoms with Crippen LogP contribution in [-0.4, -0.2) is 42.8 Å². The number of nitrogens with one attached hydrogen (secondary N) is 1. The summed E-state index contributed by atoms with van der Waals surface area (Å²) in [7, 11) is 0. The van der Waals surface area contributed by atoms with Crippen molar-refractivity contribution in [2.24, 2.45) is 5.41 Å². The standard InChI is InChI=1S/C16H27F3N2/c17-16(18,19)12-21(14-6-7-14)11-15(8-2-1-3-9-15)10-20-13-4-5-13/h13-14,20H,1-12H2. The fourth-order valence-corrected chi connectivity index (χ4v) is 3.76. The normalized spacial score (nSPS) is 26.3. The lowest BCUT2D eigenvalue weighted by atomic mass is 9.73. The molecule has 122 valence electrons. The molecular formula is C16H27F3N2. The Kier molecular flexibility index (Phi) is 4.51. The zero-order valence-corrected chi connectivity index (χ0v) is 12.7. The molecule has 5 heteroatoms. The highest BCUT2D eigenvalue weighted by Gasteiger charge is 2.43. The molecule has 0 spiro atoms. The molecule has 3 rings (SSSR count). The van der Waals surface area contributed by atoms with Crippen molar-refractivity contribution in [2.45, 2.75) is 76.0 Å². The highest BCUT2D eigenvalue weighted by Crippen LogP contribution is 2.40. The average molecular weight is 304 g/mol. The molecule has 0 aliphatic heterocycles. The van der Waals surface area contributed by atoms with Gasteiger partial charge in [-0.15, -0.1) is 0 Å². The molecule has 0 saturated heterocycles. The first-order chi connectivity index (χ1) is 9.96. The summed E-state index contributed by atoms with van der Waals surface area (Å²) < 4.78 is 38.5. The van der Waals surface area contributed by atoms with Crippen molar-refractivity contribution in [1.29, 1.82) is 0 Å². The lowest BCUT2D eigenvalue weighted by Crippen LogP contribution is -2.48. The molecule has 0 radical (unpaired) electrons. The van der Waals surface area contributed by atoms with E-state index in [0.717, 1.165) is 32.2 Å². The number of nitrogens with zero attached hydrogens (tertiary/aromatic N) is 1. The molecule has 0 unspecified atom stereocenters. The molecule has 3 aliphatic carbocycles. The van der Waals surface area contributed by atoms with Gasteiger partial charge in [0.1, 0.15) is 0 Å². The van der Waals surface area contributed by atoms with E-state index in [0.29, 0.717) is 12.6 Å². The fraction of sp³-hybridized carbons (Fsp3) is 1.00. The van der Waals surface area contributed by atoms with Gasteiger partial charge in [-0.25, -0.2) is 0 Å². The van der Waals surface area contributed by atoms with E-state index in [1.165, 1.54) is 32.1 Å². The number of rotatable bonds is 7. The monoisotopic (exact) mass is 304 g/mol. The molecule has 0 aromatic heterocycles. The van der Waals surface area contributed by atoms with E-state index in [-0.39, 0.29) is 11.5 Å². The summed E-state index contributed by atoms with van der Waals surface area (Å²) in [6.45, 7) is 0.832. The molecule has 21 heavy (non-hydrogen) atoms. The Labute approximate surface area is 125 Å². The minimum absolute atomic E-state index is 0.0781. The van der Waals surface area contributed by atoms with Crippen molar-refractivity contribution >= 4 is 0 Å². The molecule has 0 bridgehead atoms. The third-order valence-electron chi connectivity index (χ3n) is 5.24. The first-order valence-corrected chi connectivity index (χ1v) is 8.50. The summed E-state index contributed by atoms with van der Waals surface area (Å²) in [5.41, 5.74) is 0.0781. The number of hydrogen-bond acceptors (Lipinski definition) is 2. The molecule has 0 aromatic carbocycles. The third kappa shape index (κ3) is 4.85. The Bertz CT molecular complexity index is 342. The minimum Gasteiger partial charge on any atom is -0.313 e. The van der Waals surface area contributed by atoms with Crippen molar-refractivity contribution in [1.82, 2.24) is 10.2 Å². The van der Waals surface area contributed by atoms with Gasteiger partial charge in [0.15, 0.2) is 0 Å². The molecule has 3 saturated carbocycles. The number of halogens is 3. The van der Waals surface area contributed by atoms with Crippen molar-refractivity contribution in [3.63, 3.8) is 0 Å². The van der Waals surface area contributed by atoms with Crippen LogP contribution in [-0.2, 0) is 0 Å². The average Bonchev–Trinajstić information content (AvgIpc) is 3.28. The van der Waals surface area contributed by atoms with Crippen LogP contribution in [0.3, 0.4) is 0 Å². The third-order valence-corrected chi connectivity index (χ3v) is 5.24. The van der Waals surface area contributed by atoms with Gasteiger partial charge < -0.3 is 5.32 Å². The summed E-state index contributed by atoms with van der Waals surface area (Å²) in [6, 6.07) is 0.826. The van der Waals surface area contributed by atoms with Crippen LogP contribution in [0.15, 0.2) is 0 Å². The van der Waals surface area contributed by atoms with Crippen LogP contribution in [0, 0.1) is 5.41 Å². The summed E-state index contributed by atoms with van der Waals surface area (Å²) in [4.78, 5) is 1.74. The van der Waals surface area contributed by atoms with E-state index < -0.39 is 12.7 Å². The second-order valence-electron chi connectivity index (χ2n) is 7.47. The van der Waals surface area contributed by atoms with Crippen LogP contribution >= 0.6 is 0 Å². The van der Waals surface area contributed by atoms with Gasteiger partial charge in [0.05, 0.1) is 6.54 Å². The van der Waals surface area contributed by atoms with E-state index in [1.54, 1.807) is 4.90 Å². The number of hydrogen-bond donors (Lipinski definition) is 1. The molecule has 0 amide bonds. The molecule has 0 atom stereocenters. The molecule has 0 aromatic rings. The van der Waals surface area contributed by atoms with Gasteiger partial charge in [-0.05, 0) is 43.9 Å². The Balaban J connectivity index is 1.62. The Morgan fingerprint density at radius 2 is 1.67 bits per heavy atom. The Morgan fingerprint density at radius 1 is 1.00 bits per heavy atom. The van der Waals surface area contributed by atoms with Crippen LogP contribution < -0.4 is 5.32 Å². The van der Waals surface area contributed by atoms with E-state index in [4.69, 9.17) is 0 Å². The number of alkyl halides is 3. The van der Waals surface area contributed by atoms with Crippen molar-refractivity contribution in [2.75, 3.05) is 19.6 Å². The topological polar surface area (TPSA) is 15.3 Å². The maximum absolute atomic E-state index is 12.8. The molecule has 3 fully saturated rings. The summed E-state index contributed by atoms with van der Waals surface area (Å²) in [5.74, 6) is 0. The molecular weight excluding hydrogens is 277 g/mol. The minimum atomic E-state index is -4.07. The van der Waals surface area contributed by atoms with E-state index in [9.17, 15) is 13.2 Å². The summed E-state index contributed by atoms with van der Waals surface area (Å²) in [6.07, 6.45) is 6.09. The zero-order valence-electron chi connectivity index (χ0n) is 12.7. The van der Waals surface area contributed by atoms with Gasteiger partial charge in [0, 0.05) is 25.2 Å². The molecule has 1 N–H and O–H groups in total. The fourth-order valence-electron chi connectivity index (χ4n) is 3.76. The Hall–Kier alpha value is -0.290. The second-order valence-corrected chi connectivity index (χ2v) is 7.47. The van der Waals surface area contributed by atoms with Gasteiger partial charge in [-0.1, -0.05) is 19.3 Å². The second kappa shape index (κ2) is 6.07. The van der Waals surface area contributed by atoms with Crippen molar-refractivity contribution in [3.8, 4) is 0 Å². The van der Waals surface area contributed by atoms with Crippen LogP contribution in [0.2, 0.25) is 0 Å². The van der Waals surface area contributed by atoms with Crippen LogP contribution in [0.4, 0.5) is 13.2 Å². The van der Waals surface area contributed by atoms with Gasteiger partial charge in [0.2, 0.25) is 0 Å². The maximum Gasteiger partial charge on any atom is 0.401 e. The van der Waals surface area contributed by atoms with Crippen LogP contribution in [0.5, 0.6) is 0 Å². The van der Waals surface area contributed by atoms with Gasteiger partial charge in [-0.3, -0.25) is 4.90 Å². The molecule has 2 nitrogen and oxygen atoms in total. The summed E-state index contributed by atoms with van der Waals surface area (Å²) >= 11 is 0. The molecule has 3 aliphatic rings.